The van der Waals surface area contributed by atoms with Gasteiger partial charge in [-0.15, -0.1) is 0 Å². The average molecular weight is 396 g/mol. The lowest BCUT2D eigenvalue weighted by Crippen LogP contribution is -2.40. The Morgan fingerprint density at radius 1 is 1.03 bits per heavy atom. The predicted octanol–water partition coefficient (Wildman–Crippen LogP) is 0.470. The Kier molecular flexibility index (Phi) is 4.33. The minimum atomic E-state index is -0.584. The topological polar surface area (TPSA) is 116 Å². The van der Waals surface area contributed by atoms with Gasteiger partial charge in [0.05, 0.1) is 12.1 Å². The van der Waals surface area contributed by atoms with Gasteiger partial charge in [0.1, 0.15) is 0 Å². The largest absolute Gasteiger partial charge is 0.494 e. The zero-order valence-electron chi connectivity index (χ0n) is 16.3. The maximum absolute atomic E-state index is 13.0. The van der Waals surface area contributed by atoms with Gasteiger partial charge in [0.2, 0.25) is 11.7 Å². The Bertz CT molecular complexity index is 1430. The molecule has 1 N–H and O–H groups in total. The van der Waals surface area contributed by atoms with E-state index in [0.717, 1.165) is 10.1 Å². The van der Waals surface area contributed by atoms with Crippen LogP contribution in [-0.4, -0.2) is 33.2 Å². The van der Waals surface area contributed by atoms with Gasteiger partial charge in [-0.3, -0.25) is 28.3 Å². The van der Waals surface area contributed by atoms with Crippen LogP contribution in [0, 0.1) is 6.92 Å². The van der Waals surface area contributed by atoms with Crippen LogP contribution in [0.3, 0.4) is 0 Å². The minimum absolute atomic E-state index is 0.0244. The summed E-state index contributed by atoms with van der Waals surface area (Å²) in [5.41, 5.74) is -0.618. The van der Waals surface area contributed by atoms with E-state index >= 15 is 0 Å². The van der Waals surface area contributed by atoms with Crippen LogP contribution in [0.4, 0.5) is 0 Å². The van der Waals surface area contributed by atoms with Crippen LogP contribution in [0.1, 0.15) is 25.0 Å². The van der Waals surface area contributed by atoms with E-state index < -0.39 is 16.8 Å². The molecule has 0 atom stereocenters. The fraction of sp³-hybridized carbons (Fsp3) is 0.316. The molecular weight excluding hydrogens is 376 g/mol. The van der Waals surface area contributed by atoms with Crippen molar-refractivity contribution in [3.63, 3.8) is 0 Å². The fourth-order valence-corrected chi connectivity index (χ4v) is 3.55. The molecular formula is C19H20N6O4. The summed E-state index contributed by atoms with van der Waals surface area (Å²) in [5, 5.41) is 10.7. The third-order valence-corrected chi connectivity index (χ3v) is 5.06. The van der Waals surface area contributed by atoms with Crippen molar-refractivity contribution >= 4 is 16.9 Å². The Balaban J connectivity index is 2.22. The fourth-order valence-electron chi connectivity index (χ4n) is 3.55. The normalized spacial score (nSPS) is 11.6. The van der Waals surface area contributed by atoms with Gasteiger partial charge in [0.25, 0.3) is 11.1 Å². The highest BCUT2D eigenvalue weighted by atomic mass is 16.3. The molecule has 0 spiro atoms. The lowest BCUT2D eigenvalue weighted by atomic mass is 10.2. The van der Waals surface area contributed by atoms with Gasteiger partial charge in [-0.25, -0.2) is 9.20 Å². The van der Waals surface area contributed by atoms with Crippen molar-refractivity contribution < 1.29 is 5.11 Å². The molecule has 0 fully saturated rings. The smallest absolute Gasteiger partial charge is 0.332 e. The second-order valence-electron chi connectivity index (χ2n) is 6.70. The van der Waals surface area contributed by atoms with Gasteiger partial charge < -0.3 is 5.11 Å². The van der Waals surface area contributed by atoms with Gasteiger partial charge in [-0.2, -0.15) is 4.98 Å². The summed E-state index contributed by atoms with van der Waals surface area (Å²) >= 11 is 0. The first-order valence-electron chi connectivity index (χ1n) is 9.27. The average Bonchev–Trinajstić information content (AvgIpc) is 3.11. The summed E-state index contributed by atoms with van der Waals surface area (Å²) in [6.07, 6.45) is 3.27. The quantitative estimate of drug-likeness (QED) is 0.536. The van der Waals surface area contributed by atoms with Crippen LogP contribution in [0.5, 0.6) is 5.88 Å². The zero-order chi connectivity index (χ0) is 20.9. The SMILES string of the molecule is CCn1c(=O)c2c(nc3n(Cc4cccnc4)c(O)c(C)c(=O)n23)n(CC)c1=O. The van der Waals surface area contributed by atoms with E-state index in [2.05, 4.69) is 9.97 Å². The molecule has 0 aliphatic rings. The van der Waals surface area contributed by atoms with Crippen LogP contribution in [0.25, 0.3) is 16.9 Å². The summed E-state index contributed by atoms with van der Waals surface area (Å²) in [7, 11) is 0. The van der Waals surface area contributed by atoms with E-state index in [4.69, 9.17) is 0 Å². The van der Waals surface area contributed by atoms with Crippen molar-refractivity contribution in [2.75, 3.05) is 0 Å². The number of nitrogens with zero attached hydrogens (tertiary/aromatic N) is 6. The molecule has 4 aromatic heterocycles. The molecule has 29 heavy (non-hydrogen) atoms. The second-order valence-corrected chi connectivity index (χ2v) is 6.70. The van der Waals surface area contributed by atoms with Gasteiger partial charge in [-0.05, 0) is 32.4 Å². The predicted molar refractivity (Wildman–Crippen MR) is 107 cm³/mol. The van der Waals surface area contributed by atoms with Crippen molar-refractivity contribution in [1.82, 2.24) is 28.1 Å². The van der Waals surface area contributed by atoms with Gasteiger partial charge >= 0.3 is 5.69 Å². The summed E-state index contributed by atoms with van der Waals surface area (Å²) in [6.45, 7) is 5.57. The molecule has 0 radical (unpaired) electrons. The maximum Gasteiger partial charge on any atom is 0.332 e. The van der Waals surface area contributed by atoms with Crippen LogP contribution >= 0.6 is 0 Å². The first kappa shape index (κ1) is 18.7. The van der Waals surface area contributed by atoms with Crippen LogP contribution in [-0.2, 0) is 19.6 Å². The molecule has 0 amide bonds. The van der Waals surface area contributed by atoms with Crippen molar-refractivity contribution in [2.24, 2.45) is 0 Å². The Hall–Kier alpha value is -3.69. The highest BCUT2D eigenvalue weighted by molar-refractivity contribution is 5.75. The molecule has 150 valence electrons. The summed E-state index contributed by atoms with van der Waals surface area (Å²) in [5.74, 6) is -0.160. The second kappa shape index (κ2) is 6.73. The Morgan fingerprint density at radius 2 is 1.76 bits per heavy atom. The number of fused-ring (bicyclic) bond motifs is 3. The number of pyridine rings is 1. The van der Waals surface area contributed by atoms with Crippen molar-refractivity contribution in [3.8, 4) is 5.88 Å². The van der Waals surface area contributed by atoms with Crippen LogP contribution < -0.4 is 16.8 Å². The van der Waals surface area contributed by atoms with E-state index in [1.807, 2.05) is 6.07 Å². The van der Waals surface area contributed by atoms with Crippen LogP contribution in [0.15, 0.2) is 38.9 Å². The monoisotopic (exact) mass is 396 g/mol. The van der Waals surface area contributed by atoms with Crippen molar-refractivity contribution in [1.29, 1.82) is 0 Å². The van der Waals surface area contributed by atoms with E-state index in [9.17, 15) is 19.5 Å². The lowest BCUT2D eigenvalue weighted by Gasteiger charge is -2.12. The van der Waals surface area contributed by atoms with Crippen LogP contribution in [0.2, 0.25) is 0 Å². The molecule has 0 saturated heterocycles. The Labute approximate surface area is 163 Å². The number of imidazole rings is 1. The molecule has 0 saturated carbocycles. The van der Waals surface area contributed by atoms with Crippen molar-refractivity contribution in [2.45, 2.75) is 40.4 Å². The third-order valence-electron chi connectivity index (χ3n) is 5.06. The molecule has 4 heterocycles. The number of hydrogen-bond donors (Lipinski definition) is 1. The molecule has 0 aliphatic heterocycles. The van der Waals surface area contributed by atoms with E-state index in [0.29, 0.717) is 0 Å². The number of aromatic hydroxyl groups is 1. The number of hydrogen-bond acceptors (Lipinski definition) is 6. The molecule has 0 unspecified atom stereocenters. The Morgan fingerprint density at radius 3 is 2.38 bits per heavy atom. The standard InChI is InChI=1S/C19H20N6O4/c1-4-22-14-13(17(28)23(5-2)19(22)29)25-16(27)11(3)15(26)24(18(25)21-14)10-12-7-6-8-20-9-12/h6-9,26H,4-5,10H2,1-3H3. The highest BCUT2D eigenvalue weighted by Gasteiger charge is 2.23. The molecule has 10 heteroatoms. The number of rotatable bonds is 4. The third kappa shape index (κ3) is 2.59. The van der Waals surface area contributed by atoms with E-state index in [-0.39, 0.29) is 48.0 Å². The molecule has 0 aliphatic carbocycles. The van der Waals surface area contributed by atoms with Gasteiger partial charge in [-0.1, -0.05) is 6.07 Å². The zero-order valence-corrected chi connectivity index (χ0v) is 16.3. The van der Waals surface area contributed by atoms with E-state index in [1.165, 1.54) is 20.5 Å². The molecule has 10 nitrogen and oxygen atoms in total. The van der Waals surface area contributed by atoms with Gasteiger partial charge in [0.15, 0.2) is 11.2 Å². The molecule has 0 aromatic carbocycles. The summed E-state index contributed by atoms with van der Waals surface area (Å²) < 4.78 is 5.05. The summed E-state index contributed by atoms with van der Waals surface area (Å²) in [4.78, 5) is 47.2. The molecule has 4 aromatic rings. The van der Waals surface area contributed by atoms with E-state index in [1.54, 1.807) is 32.3 Å². The lowest BCUT2D eigenvalue weighted by molar-refractivity contribution is 0.414. The number of aromatic nitrogens is 6. The summed E-state index contributed by atoms with van der Waals surface area (Å²) in [6, 6.07) is 3.58. The molecule has 4 rings (SSSR count). The first-order valence-corrected chi connectivity index (χ1v) is 9.27. The maximum atomic E-state index is 13.0. The van der Waals surface area contributed by atoms with Gasteiger partial charge in [0, 0.05) is 25.5 Å². The minimum Gasteiger partial charge on any atom is -0.494 e. The first-order chi connectivity index (χ1) is 13.9. The molecule has 0 bridgehead atoms. The number of aryl methyl sites for hydroxylation is 1. The van der Waals surface area contributed by atoms with Crippen molar-refractivity contribution in [3.05, 3.63) is 66.8 Å². The highest BCUT2D eigenvalue weighted by Crippen LogP contribution is 2.20.